The minimum Gasteiger partial charge on any atom is -0.290 e. The number of hydrogen-bond donors (Lipinski definition) is 0. The average molecular weight is 509 g/mol. The van der Waals surface area contributed by atoms with E-state index in [0.29, 0.717) is 17.1 Å². The summed E-state index contributed by atoms with van der Waals surface area (Å²) in [6.45, 7) is 1.98. The number of aryl methyl sites for hydroxylation is 1. The topological polar surface area (TPSA) is 67.4 Å². The van der Waals surface area contributed by atoms with Crippen molar-refractivity contribution >= 4 is 21.6 Å². The van der Waals surface area contributed by atoms with Crippen LogP contribution >= 0.6 is 11.3 Å². The van der Waals surface area contributed by atoms with Gasteiger partial charge in [0.15, 0.2) is 0 Å². The molecule has 119 valence electrons. The first-order valence-corrected chi connectivity index (χ1v) is 7.77. The summed E-state index contributed by atoms with van der Waals surface area (Å²) < 4.78 is 2.75. The maximum absolute atomic E-state index is 9.32. The van der Waals surface area contributed by atoms with Gasteiger partial charge >= 0.3 is 0 Å². The minimum absolute atomic E-state index is 0. The van der Waals surface area contributed by atoms with Crippen molar-refractivity contribution in [2.45, 2.75) is 6.92 Å². The van der Waals surface area contributed by atoms with E-state index in [1.54, 1.807) is 22.1 Å². The molecule has 1 radical (unpaired) electrons. The largest absolute Gasteiger partial charge is 0.290 e. The second-order valence-electron chi connectivity index (χ2n) is 4.92. The third-order valence-corrected chi connectivity index (χ3v) is 4.42. The normalized spacial score (nSPS) is 10.3. The van der Waals surface area contributed by atoms with Crippen LogP contribution in [0.4, 0.5) is 0 Å². The van der Waals surface area contributed by atoms with Crippen molar-refractivity contribution in [2.75, 3.05) is 0 Å². The first-order chi connectivity index (χ1) is 11.3. The van der Waals surface area contributed by atoms with Gasteiger partial charge in [-0.25, -0.2) is 0 Å². The fraction of sp³-hybridized carbons (Fsp3) is 0.0588. The van der Waals surface area contributed by atoms with Crippen molar-refractivity contribution in [3.63, 3.8) is 0 Å². The molecule has 0 aliphatic rings. The minimum atomic E-state index is 0. The van der Waals surface area contributed by atoms with Crippen molar-refractivity contribution in [3.8, 4) is 23.1 Å². The molecule has 0 bridgehead atoms. The Morgan fingerprint density at radius 1 is 1.25 bits per heavy atom. The van der Waals surface area contributed by atoms with Crippen molar-refractivity contribution in [3.05, 3.63) is 59.4 Å². The quantitative estimate of drug-likeness (QED) is 0.389. The average Bonchev–Trinajstić information content (AvgIpc) is 3.19. The number of hydrogen-bond acceptors (Lipinski definition) is 5. The molecule has 0 saturated heterocycles. The van der Waals surface area contributed by atoms with Gasteiger partial charge in [0.25, 0.3) is 0 Å². The van der Waals surface area contributed by atoms with Crippen LogP contribution in [0, 0.1) is 24.3 Å². The summed E-state index contributed by atoms with van der Waals surface area (Å²) in [4.78, 5) is 8.96. The Morgan fingerprint density at radius 3 is 2.92 bits per heavy atom. The molecule has 2 aromatic carbocycles. The van der Waals surface area contributed by atoms with Gasteiger partial charge in [-0.3, -0.25) is 14.6 Å². The van der Waals surface area contributed by atoms with E-state index in [1.807, 2.05) is 37.3 Å². The van der Waals surface area contributed by atoms with Gasteiger partial charge in [-0.2, -0.15) is 10.4 Å². The van der Waals surface area contributed by atoms with E-state index in [-0.39, 0.29) is 20.1 Å². The van der Waals surface area contributed by atoms with E-state index in [0.717, 1.165) is 20.8 Å². The van der Waals surface area contributed by atoms with Gasteiger partial charge in [0.05, 0.1) is 22.1 Å². The first kappa shape index (κ1) is 16.5. The summed E-state index contributed by atoms with van der Waals surface area (Å²) in [5.74, 6) is 0.628. The molecule has 2 heterocycles. The third kappa shape index (κ3) is 2.65. The smallest absolute Gasteiger partial charge is 0.127 e. The maximum atomic E-state index is 9.32. The van der Waals surface area contributed by atoms with Gasteiger partial charge in [-0.15, -0.1) is 29.5 Å². The Kier molecular flexibility index (Phi) is 4.54. The van der Waals surface area contributed by atoms with E-state index < -0.39 is 0 Å². The van der Waals surface area contributed by atoms with Crippen molar-refractivity contribution < 1.29 is 20.1 Å². The number of rotatable bonds is 2. The fourth-order valence-electron chi connectivity index (χ4n) is 2.52. The summed E-state index contributed by atoms with van der Waals surface area (Å²) in [7, 11) is 0. The van der Waals surface area contributed by atoms with Crippen molar-refractivity contribution in [2.24, 2.45) is 0 Å². The second-order valence-corrected chi connectivity index (χ2v) is 6.16. The first-order valence-electron chi connectivity index (χ1n) is 6.95. The summed E-state index contributed by atoms with van der Waals surface area (Å²) >= 11 is 1.63. The summed E-state index contributed by atoms with van der Waals surface area (Å²) in [5.41, 5.74) is 2.89. The van der Waals surface area contributed by atoms with Crippen LogP contribution in [0.5, 0.6) is 0 Å². The molecule has 0 unspecified atom stereocenters. The van der Waals surface area contributed by atoms with E-state index in [9.17, 15) is 5.26 Å². The molecule has 0 spiro atoms. The van der Waals surface area contributed by atoms with E-state index >= 15 is 0 Å². The standard InChI is InChI=1S/C17H10N5S.Ir/c1-11-21-16-13(6-4-8-15(16)23-11)17-19-10-20-22(17)14-7-3-2-5-12(14)9-18;/h2-5,7-8,10H,1H3;/q-1;. The van der Waals surface area contributed by atoms with Crippen LogP contribution in [0.3, 0.4) is 0 Å². The number of aromatic nitrogens is 4. The molecule has 0 saturated carbocycles. The van der Waals surface area contributed by atoms with Crippen LogP contribution < -0.4 is 0 Å². The molecular formula is C17H10IrN5S-. The van der Waals surface area contributed by atoms with E-state index in [4.69, 9.17) is 0 Å². The number of para-hydroxylation sites is 1. The van der Waals surface area contributed by atoms with Gasteiger partial charge in [0.2, 0.25) is 0 Å². The van der Waals surface area contributed by atoms with Crippen LogP contribution in [0.25, 0.3) is 27.3 Å². The van der Waals surface area contributed by atoms with Gasteiger partial charge in [0.1, 0.15) is 12.4 Å². The molecule has 0 fully saturated rings. The Balaban J connectivity index is 0.00000169. The molecule has 24 heavy (non-hydrogen) atoms. The van der Waals surface area contributed by atoms with Gasteiger partial charge in [-0.05, 0) is 23.8 Å². The predicted molar refractivity (Wildman–Crippen MR) is 88.3 cm³/mol. The zero-order valence-corrected chi connectivity index (χ0v) is 15.7. The second kappa shape index (κ2) is 6.62. The van der Waals surface area contributed by atoms with Gasteiger partial charge in [-0.1, -0.05) is 17.7 Å². The fourth-order valence-corrected chi connectivity index (χ4v) is 3.35. The zero-order valence-electron chi connectivity index (χ0n) is 12.5. The third-order valence-electron chi connectivity index (χ3n) is 3.48. The number of nitrogens with zero attached hydrogens (tertiary/aromatic N) is 5. The Hall–Kier alpha value is -2.39. The molecule has 7 heteroatoms. The van der Waals surface area contributed by atoms with E-state index in [2.05, 4.69) is 27.2 Å². The zero-order chi connectivity index (χ0) is 15.8. The van der Waals surface area contributed by atoms with Gasteiger partial charge < -0.3 is 0 Å². The SMILES string of the molecule is Cc1nc2c(-c3ncnn3-c3ccccc3C#N)[c-]ccc2s1.[Ir]. The molecule has 2 aromatic heterocycles. The molecular weight excluding hydrogens is 499 g/mol. The monoisotopic (exact) mass is 509 g/mol. The van der Waals surface area contributed by atoms with Gasteiger partial charge in [0, 0.05) is 25.6 Å². The summed E-state index contributed by atoms with van der Waals surface area (Å²) in [5, 5.41) is 14.6. The number of benzene rings is 2. The molecule has 0 aliphatic heterocycles. The number of nitriles is 1. The Bertz CT molecular complexity index is 1060. The Morgan fingerprint density at radius 2 is 2.08 bits per heavy atom. The van der Waals surface area contributed by atoms with Crippen molar-refractivity contribution in [1.29, 1.82) is 5.26 Å². The van der Waals surface area contributed by atoms with Crippen molar-refractivity contribution in [1.82, 2.24) is 19.7 Å². The van der Waals surface area contributed by atoms with Crippen LogP contribution in [0.15, 0.2) is 42.7 Å². The molecule has 0 atom stereocenters. The molecule has 4 rings (SSSR count). The number of fused-ring (bicyclic) bond motifs is 1. The van der Waals surface area contributed by atoms with Crippen LogP contribution in [0.2, 0.25) is 0 Å². The molecule has 4 aromatic rings. The Labute approximate surface area is 156 Å². The summed E-state index contributed by atoms with van der Waals surface area (Å²) in [6.07, 6.45) is 1.48. The molecule has 0 amide bonds. The van der Waals surface area contributed by atoms with E-state index in [1.165, 1.54) is 6.33 Å². The van der Waals surface area contributed by atoms with Crippen LogP contribution in [-0.4, -0.2) is 19.7 Å². The number of thiazole rings is 1. The maximum Gasteiger partial charge on any atom is 0.127 e. The molecule has 5 nitrogen and oxygen atoms in total. The molecule has 0 N–H and O–H groups in total. The summed E-state index contributed by atoms with van der Waals surface area (Å²) in [6, 6.07) is 16.6. The van der Waals surface area contributed by atoms with Crippen LogP contribution in [0.1, 0.15) is 10.6 Å². The predicted octanol–water partition coefficient (Wildman–Crippen LogP) is 3.52. The molecule has 0 aliphatic carbocycles. The van der Waals surface area contributed by atoms with Crippen LogP contribution in [-0.2, 0) is 20.1 Å².